The average Bonchev–Trinajstić information content (AvgIpc) is 3.34. The predicted molar refractivity (Wildman–Crippen MR) is 292 cm³/mol. The summed E-state index contributed by atoms with van der Waals surface area (Å²) >= 11 is 0. The molecule has 0 heterocycles. The number of allylic oxidation sites excluding steroid dienone is 22. The number of carbonyl (C=O) groups is 3. The van der Waals surface area contributed by atoms with Crippen LogP contribution >= 0.6 is 0 Å². The Labute approximate surface area is 417 Å². The number of ether oxygens (including phenoxy) is 3. The summed E-state index contributed by atoms with van der Waals surface area (Å²) in [7, 11) is 0. The highest BCUT2D eigenvalue weighted by Crippen LogP contribution is 2.13. The smallest absolute Gasteiger partial charge is 0.306 e. The number of unbranched alkanes of at least 4 members (excludes halogenated alkanes) is 14. The van der Waals surface area contributed by atoms with Gasteiger partial charge in [0.25, 0.3) is 0 Å². The van der Waals surface area contributed by atoms with Crippen LogP contribution in [0.15, 0.2) is 134 Å². The molecule has 6 heteroatoms. The highest BCUT2D eigenvalue weighted by Gasteiger charge is 2.19. The molecular weight excluding hydrogens is 841 g/mol. The van der Waals surface area contributed by atoms with Crippen LogP contribution < -0.4 is 0 Å². The summed E-state index contributed by atoms with van der Waals surface area (Å²) in [4.78, 5) is 38.1. The molecule has 0 fully saturated rings. The predicted octanol–water partition coefficient (Wildman–Crippen LogP) is 18.3. The van der Waals surface area contributed by atoms with Crippen LogP contribution in [0.3, 0.4) is 0 Å². The van der Waals surface area contributed by atoms with Gasteiger partial charge >= 0.3 is 17.9 Å². The first kappa shape index (κ1) is 63.5. The standard InChI is InChI=1S/C62H98O6/c1-4-7-10-13-16-19-22-25-28-31-34-37-40-43-46-49-52-55-61(64)67-58-59(57-66-60(63)54-51-48-45-42-39-36-33-30-27-24-21-18-15-12-9-6-3)68-62(65)56-53-50-47-44-41-38-35-32-29-26-23-20-17-14-11-8-5-2/h7,9-10,12,16-21,25-30,34,36-37,39,43,46,59H,4-6,8,11,13-15,22-24,31-33,35,38,40-42,44-45,47-58H2,1-3H3/b10-7-,12-9-,19-16-,20-17-,21-18-,28-25-,29-26-,30-27-,37-34-,39-36-,46-43-. The van der Waals surface area contributed by atoms with Gasteiger partial charge in [-0.2, -0.15) is 0 Å². The molecule has 0 saturated heterocycles. The van der Waals surface area contributed by atoms with E-state index in [1.54, 1.807) is 0 Å². The van der Waals surface area contributed by atoms with E-state index in [1.807, 2.05) is 0 Å². The van der Waals surface area contributed by atoms with Gasteiger partial charge in [-0.25, -0.2) is 0 Å². The largest absolute Gasteiger partial charge is 0.462 e. The Hall–Kier alpha value is -4.45. The van der Waals surface area contributed by atoms with Crippen molar-refractivity contribution in [1.82, 2.24) is 0 Å². The van der Waals surface area contributed by atoms with Crippen molar-refractivity contribution in [3.8, 4) is 0 Å². The Morgan fingerprint density at radius 3 is 0.971 bits per heavy atom. The van der Waals surface area contributed by atoms with E-state index in [0.717, 1.165) is 122 Å². The van der Waals surface area contributed by atoms with Gasteiger partial charge in [0.15, 0.2) is 6.10 Å². The first-order valence-electron chi connectivity index (χ1n) is 27.2. The molecule has 0 radical (unpaired) electrons. The molecule has 0 aromatic rings. The van der Waals surface area contributed by atoms with Crippen molar-refractivity contribution in [1.29, 1.82) is 0 Å². The molecule has 0 aromatic heterocycles. The van der Waals surface area contributed by atoms with Crippen LogP contribution in [0.25, 0.3) is 0 Å². The summed E-state index contributed by atoms with van der Waals surface area (Å²) in [5, 5.41) is 0. The third kappa shape index (κ3) is 52.5. The van der Waals surface area contributed by atoms with Gasteiger partial charge in [0.2, 0.25) is 0 Å². The minimum atomic E-state index is -0.824. The highest BCUT2D eigenvalue weighted by molar-refractivity contribution is 5.71. The Balaban J connectivity index is 4.57. The molecular formula is C62H98O6. The molecule has 0 bridgehead atoms. The molecule has 0 aliphatic heterocycles. The average molecular weight is 939 g/mol. The normalized spacial score (nSPS) is 13.2. The molecule has 0 saturated carbocycles. The molecule has 0 N–H and O–H groups in total. The fourth-order valence-electron chi connectivity index (χ4n) is 6.85. The van der Waals surface area contributed by atoms with Gasteiger partial charge in [0.05, 0.1) is 0 Å². The fraction of sp³-hybridized carbons (Fsp3) is 0.597. The molecule has 0 rings (SSSR count). The first-order valence-corrected chi connectivity index (χ1v) is 27.2. The van der Waals surface area contributed by atoms with Gasteiger partial charge in [-0.1, -0.05) is 206 Å². The fourth-order valence-corrected chi connectivity index (χ4v) is 6.85. The monoisotopic (exact) mass is 939 g/mol. The van der Waals surface area contributed by atoms with E-state index in [1.165, 1.54) is 51.4 Å². The third-order valence-corrected chi connectivity index (χ3v) is 10.9. The molecule has 1 atom stereocenters. The van der Waals surface area contributed by atoms with Gasteiger partial charge in [0, 0.05) is 19.3 Å². The van der Waals surface area contributed by atoms with E-state index in [4.69, 9.17) is 14.2 Å². The van der Waals surface area contributed by atoms with E-state index in [9.17, 15) is 14.4 Å². The molecule has 0 aliphatic rings. The molecule has 0 aliphatic carbocycles. The highest BCUT2D eigenvalue weighted by atomic mass is 16.6. The molecule has 68 heavy (non-hydrogen) atoms. The van der Waals surface area contributed by atoms with Gasteiger partial charge in [-0.05, 0) is 128 Å². The second kappa shape index (κ2) is 55.1. The SMILES string of the molecule is CC/C=C\C/C=C\C/C=C\C/C=C\C/C=C\CCCC(=O)OCC(COC(=O)CCCCC/C=C\C/C=C\C/C=C\C/C=C\CC)OC(=O)CCCCCCCCC/C=C\C/C=C\CCCCC. The van der Waals surface area contributed by atoms with E-state index in [0.29, 0.717) is 19.3 Å². The zero-order valence-electron chi connectivity index (χ0n) is 43.6. The van der Waals surface area contributed by atoms with Crippen LogP contribution in [0.4, 0.5) is 0 Å². The van der Waals surface area contributed by atoms with Gasteiger partial charge in [0.1, 0.15) is 13.2 Å². The molecule has 0 amide bonds. The zero-order valence-corrected chi connectivity index (χ0v) is 43.6. The van der Waals surface area contributed by atoms with Crippen LogP contribution in [-0.2, 0) is 28.6 Å². The van der Waals surface area contributed by atoms with E-state index >= 15 is 0 Å². The van der Waals surface area contributed by atoms with Crippen molar-refractivity contribution in [2.45, 2.75) is 226 Å². The third-order valence-electron chi connectivity index (χ3n) is 10.9. The zero-order chi connectivity index (χ0) is 49.3. The van der Waals surface area contributed by atoms with Crippen LogP contribution in [0.5, 0.6) is 0 Å². The van der Waals surface area contributed by atoms with E-state index in [2.05, 4.69) is 154 Å². The topological polar surface area (TPSA) is 78.9 Å². The Kier molecular flexibility index (Phi) is 51.5. The second-order valence-corrected chi connectivity index (χ2v) is 17.4. The quantitative estimate of drug-likeness (QED) is 0.0262. The number of rotatable bonds is 47. The lowest BCUT2D eigenvalue weighted by Crippen LogP contribution is -2.30. The van der Waals surface area contributed by atoms with Gasteiger partial charge in [-0.15, -0.1) is 0 Å². The first-order chi connectivity index (χ1) is 33.5. The number of hydrogen-bond acceptors (Lipinski definition) is 6. The maximum absolute atomic E-state index is 12.8. The molecule has 6 nitrogen and oxygen atoms in total. The van der Waals surface area contributed by atoms with E-state index < -0.39 is 6.10 Å². The number of carbonyl (C=O) groups excluding carboxylic acids is 3. The van der Waals surface area contributed by atoms with Crippen molar-refractivity contribution in [3.05, 3.63) is 134 Å². The van der Waals surface area contributed by atoms with Crippen LogP contribution in [0.1, 0.15) is 220 Å². The lowest BCUT2D eigenvalue weighted by atomic mass is 10.1. The minimum Gasteiger partial charge on any atom is -0.462 e. The summed E-state index contributed by atoms with van der Waals surface area (Å²) < 4.78 is 16.8. The molecule has 382 valence electrons. The second-order valence-electron chi connectivity index (χ2n) is 17.4. The lowest BCUT2D eigenvalue weighted by molar-refractivity contribution is -0.167. The van der Waals surface area contributed by atoms with Crippen molar-refractivity contribution >= 4 is 17.9 Å². The molecule has 1 unspecified atom stereocenters. The lowest BCUT2D eigenvalue weighted by Gasteiger charge is -2.18. The van der Waals surface area contributed by atoms with Crippen LogP contribution in [0.2, 0.25) is 0 Å². The number of hydrogen-bond donors (Lipinski definition) is 0. The summed E-state index contributed by atoms with van der Waals surface area (Å²) in [5.41, 5.74) is 0. The van der Waals surface area contributed by atoms with Crippen molar-refractivity contribution < 1.29 is 28.6 Å². The van der Waals surface area contributed by atoms with Gasteiger partial charge in [-0.3, -0.25) is 14.4 Å². The summed E-state index contributed by atoms with van der Waals surface area (Å²) in [6.45, 7) is 6.29. The maximum Gasteiger partial charge on any atom is 0.306 e. The number of esters is 3. The Morgan fingerprint density at radius 1 is 0.309 bits per heavy atom. The molecule has 0 spiro atoms. The summed E-state index contributed by atoms with van der Waals surface area (Å²) in [6.07, 6.45) is 77.2. The Bertz CT molecular complexity index is 1500. The van der Waals surface area contributed by atoms with Gasteiger partial charge < -0.3 is 14.2 Å². The van der Waals surface area contributed by atoms with Crippen molar-refractivity contribution in [2.75, 3.05) is 13.2 Å². The Morgan fingerprint density at radius 2 is 0.588 bits per heavy atom. The van der Waals surface area contributed by atoms with Crippen LogP contribution in [-0.4, -0.2) is 37.2 Å². The summed E-state index contributed by atoms with van der Waals surface area (Å²) in [6, 6.07) is 0. The molecule has 0 aromatic carbocycles. The van der Waals surface area contributed by atoms with Crippen LogP contribution in [0, 0.1) is 0 Å². The van der Waals surface area contributed by atoms with Crippen molar-refractivity contribution in [3.63, 3.8) is 0 Å². The van der Waals surface area contributed by atoms with Crippen molar-refractivity contribution in [2.24, 2.45) is 0 Å². The maximum atomic E-state index is 12.8. The minimum absolute atomic E-state index is 0.120. The van der Waals surface area contributed by atoms with E-state index in [-0.39, 0.29) is 37.5 Å². The summed E-state index contributed by atoms with van der Waals surface area (Å²) in [5.74, 6) is -1.02.